The first kappa shape index (κ1) is 14.7. The highest BCUT2D eigenvalue weighted by atomic mass is 32.2. The number of nitrogens with zero attached hydrogens (tertiary/aromatic N) is 2. The van der Waals surface area contributed by atoms with E-state index in [1.165, 1.54) is 4.90 Å². The molecule has 20 heavy (non-hydrogen) atoms. The molecule has 0 spiro atoms. The van der Waals surface area contributed by atoms with E-state index in [1.54, 1.807) is 11.8 Å². The lowest BCUT2D eigenvalue weighted by molar-refractivity contribution is 0.939. The molecule has 0 unspecified atom stereocenters. The lowest BCUT2D eigenvalue weighted by Crippen LogP contribution is -2.05. The van der Waals surface area contributed by atoms with E-state index in [9.17, 15) is 0 Å². The largest absolute Gasteiger partial charge is 0.370 e. The Morgan fingerprint density at radius 1 is 1.10 bits per heavy atom. The molecule has 2 rings (SSSR count). The van der Waals surface area contributed by atoms with E-state index in [0.717, 1.165) is 36.1 Å². The van der Waals surface area contributed by atoms with Crippen molar-refractivity contribution in [1.29, 1.82) is 0 Å². The first-order valence-electron chi connectivity index (χ1n) is 6.78. The van der Waals surface area contributed by atoms with Gasteiger partial charge in [0.15, 0.2) is 0 Å². The van der Waals surface area contributed by atoms with Crippen molar-refractivity contribution in [1.82, 2.24) is 9.97 Å². The quantitative estimate of drug-likeness (QED) is 0.789. The number of benzene rings is 1. The minimum Gasteiger partial charge on any atom is -0.370 e. The molecule has 1 heterocycles. The van der Waals surface area contributed by atoms with Crippen molar-refractivity contribution >= 4 is 29.1 Å². The Kier molecular flexibility index (Phi) is 5.24. The predicted molar refractivity (Wildman–Crippen MR) is 87.1 cm³/mol. The van der Waals surface area contributed by atoms with Crippen molar-refractivity contribution in [2.45, 2.75) is 25.2 Å². The Balaban J connectivity index is 2.30. The molecule has 0 aliphatic heterocycles. The Bertz CT molecular complexity index is 572. The zero-order valence-electron chi connectivity index (χ0n) is 12.1. The lowest BCUT2D eigenvalue weighted by Gasteiger charge is -2.12. The minimum atomic E-state index is 0.818. The van der Waals surface area contributed by atoms with Gasteiger partial charge in [0.1, 0.15) is 17.5 Å². The second-order valence-electron chi connectivity index (χ2n) is 4.26. The molecular weight excluding hydrogens is 268 g/mol. The molecule has 0 atom stereocenters. The molecule has 2 aromatic rings. The maximum atomic E-state index is 4.53. The third-order valence-corrected chi connectivity index (χ3v) is 3.61. The van der Waals surface area contributed by atoms with E-state index in [-0.39, 0.29) is 0 Å². The van der Waals surface area contributed by atoms with Gasteiger partial charge in [-0.25, -0.2) is 9.97 Å². The SMILES string of the molecule is CCNc1cc(Nc2ccccc2SC)nc(CC)n1. The van der Waals surface area contributed by atoms with Gasteiger partial charge in [-0.05, 0) is 25.3 Å². The van der Waals surface area contributed by atoms with E-state index >= 15 is 0 Å². The molecule has 0 bridgehead atoms. The number of rotatable bonds is 6. The van der Waals surface area contributed by atoms with Gasteiger partial charge < -0.3 is 10.6 Å². The monoisotopic (exact) mass is 288 g/mol. The van der Waals surface area contributed by atoms with Gasteiger partial charge in [0.2, 0.25) is 0 Å². The van der Waals surface area contributed by atoms with Crippen molar-refractivity contribution in [3.8, 4) is 0 Å². The molecule has 0 saturated heterocycles. The second-order valence-corrected chi connectivity index (χ2v) is 5.11. The van der Waals surface area contributed by atoms with E-state index in [4.69, 9.17) is 0 Å². The molecule has 1 aromatic heterocycles. The van der Waals surface area contributed by atoms with Crippen LogP contribution in [0.4, 0.5) is 17.3 Å². The van der Waals surface area contributed by atoms with Crippen LogP contribution in [0.3, 0.4) is 0 Å². The topological polar surface area (TPSA) is 49.8 Å². The normalized spacial score (nSPS) is 10.3. The van der Waals surface area contributed by atoms with E-state index < -0.39 is 0 Å². The highest BCUT2D eigenvalue weighted by Gasteiger charge is 2.05. The predicted octanol–water partition coefficient (Wildman–Crippen LogP) is 3.94. The number of anilines is 3. The summed E-state index contributed by atoms with van der Waals surface area (Å²) in [6, 6.07) is 10.2. The third kappa shape index (κ3) is 3.63. The maximum absolute atomic E-state index is 4.53. The fourth-order valence-electron chi connectivity index (χ4n) is 1.88. The number of nitrogens with one attached hydrogen (secondary N) is 2. The van der Waals surface area contributed by atoms with Gasteiger partial charge in [0.05, 0.1) is 5.69 Å². The molecule has 0 radical (unpaired) electrons. The first-order chi connectivity index (χ1) is 9.76. The minimum absolute atomic E-state index is 0.818. The van der Waals surface area contributed by atoms with Crippen molar-refractivity contribution in [3.63, 3.8) is 0 Å². The summed E-state index contributed by atoms with van der Waals surface area (Å²) in [5.74, 6) is 2.53. The van der Waals surface area contributed by atoms with Crippen LogP contribution in [-0.4, -0.2) is 22.8 Å². The van der Waals surface area contributed by atoms with Crippen molar-refractivity contribution in [2.75, 3.05) is 23.4 Å². The smallest absolute Gasteiger partial charge is 0.136 e. The Hall–Kier alpha value is -1.75. The van der Waals surface area contributed by atoms with Crippen LogP contribution < -0.4 is 10.6 Å². The molecule has 0 fully saturated rings. The van der Waals surface area contributed by atoms with Gasteiger partial charge in [-0.15, -0.1) is 11.8 Å². The summed E-state index contributed by atoms with van der Waals surface area (Å²) in [4.78, 5) is 10.2. The average Bonchev–Trinajstić information content (AvgIpc) is 2.48. The summed E-state index contributed by atoms with van der Waals surface area (Å²) in [5, 5.41) is 6.63. The molecule has 106 valence electrons. The van der Waals surface area contributed by atoms with Crippen molar-refractivity contribution < 1.29 is 0 Å². The molecule has 5 heteroatoms. The first-order valence-corrected chi connectivity index (χ1v) is 8.01. The van der Waals surface area contributed by atoms with Gasteiger partial charge in [-0.3, -0.25) is 0 Å². The Morgan fingerprint density at radius 3 is 2.55 bits per heavy atom. The molecule has 0 aliphatic rings. The average molecular weight is 288 g/mol. The standard InChI is InChI=1S/C15H20N4S/c1-4-13-18-14(16-5-2)10-15(19-13)17-11-8-6-7-9-12(11)20-3/h6-10H,4-5H2,1-3H3,(H2,16,17,18,19). The summed E-state index contributed by atoms with van der Waals surface area (Å²) in [7, 11) is 0. The second kappa shape index (κ2) is 7.14. The molecular formula is C15H20N4S. The highest BCUT2D eigenvalue weighted by Crippen LogP contribution is 2.27. The number of hydrogen-bond donors (Lipinski definition) is 2. The van der Waals surface area contributed by atoms with Crippen molar-refractivity contribution in [2.24, 2.45) is 0 Å². The highest BCUT2D eigenvalue weighted by molar-refractivity contribution is 7.98. The fraction of sp³-hybridized carbons (Fsp3) is 0.333. The zero-order chi connectivity index (χ0) is 14.4. The summed E-state index contributed by atoms with van der Waals surface area (Å²) >= 11 is 1.72. The number of hydrogen-bond acceptors (Lipinski definition) is 5. The number of thioether (sulfide) groups is 1. The van der Waals surface area contributed by atoms with Crippen LogP contribution >= 0.6 is 11.8 Å². The summed E-state index contributed by atoms with van der Waals surface area (Å²) in [6.45, 7) is 4.97. The summed E-state index contributed by atoms with van der Waals surface area (Å²) in [5.41, 5.74) is 1.07. The Labute approximate surface area is 124 Å². The summed E-state index contributed by atoms with van der Waals surface area (Å²) < 4.78 is 0. The number of aryl methyl sites for hydroxylation is 1. The zero-order valence-corrected chi connectivity index (χ0v) is 12.9. The lowest BCUT2D eigenvalue weighted by atomic mass is 10.3. The van der Waals surface area contributed by atoms with Gasteiger partial charge in [0, 0.05) is 23.9 Å². The van der Waals surface area contributed by atoms with Gasteiger partial charge in [0.25, 0.3) is 0 Å². The van der Waals surface area contributed by atoms with Crippen LogP contribution in [0, 0.1) is 0 Å². The fourth-order valence-corrected chi connectivity index (χ4v) is 2.43. The molecule has 0 aliphatic carbocycles. The number of aromatic nitrogens is 2. The molecule has 0 saturated carbocycles. The van der Waals surface area contributed by atoms with Crippen LogP contribution in [0.5, 0.6) is 0 Å². The summed E-state index contributed by atoms with van der Waals surface area (Å²) in [6.07, 6.45) is 2.89. The van der Waals surface area contributed by atoms with Crippen molar-refractivity contribution in [3.05, 3.63) is 36.2 Å². The van der Waals surface area contributed by atoms with Crippen LogP contribution in [0.15, 0.2) is 35.2 Å². The molecule has 0 amide bonds. The van der Waals surface area contributed by atoms with E-state index in [2.05, 4.69) is 52.8 Å². The van der Waals surface area contributed by atoms with Crippen LogP contribution in [0.2, 0.25) is 0 Å². The molecule has 2 N–H and O–H groups in total. The number of para-hydroxylation sites is 1. The van der Waals surface area contributed by atoms with Crippen LogP contribution in [0.25, 0.3) is 0 Å². The van der Waals surface area contributed by atoms with E-state index in [0.29, 0.717) is 0 Å². The van der Waals surface area contributed by atoms with Gasteiger partial charge in [-0.1, -0.05) is 19.1 Å². The van der Waals surface area contributed by atoms with Crippen LogP contribution in [-0.2, 0) is 6.42 Å². The van der Waals surface area contributed by atoms with E-state index in [1.807, 2.05) is 18.2 Å². The third-order valence-electron chi connectivity index (χ3n) is 2.82. The Morgan fingerprint density at radius 2 is 1.85 bits per heavy atom. The molecule has 1 aromatic carbocycles. The maximum Gasteiger partial charge on any atom is 0.136 e. The molecule has 4 nitrogen and oxygen atoms in total. The van der Waals surface area contributed by atoms with Crippen LogP contribution in [0.1, 0.15) is 19.7 Å². The van der Waals surface area contributed by atoms with Gasteiger partial charge >= 0.3 is 0 Å². The van der Waals surface area contributed by atoms with Gasteiger partial charge in [-0.2, -0.15) is 0 Å².